The van der Waals surface area contributed by atoms with E-state index in [1.165, 1.54) is 23.3 Å². The summed E-state index contributed by atoms with van der Waals surface area (Å²) in [5, 5.41) is 12.2. The molecule has 9 heteroatoms. The Bertz CT molecular complexity index is 1510. The Hall–Kier alpha value is -3.88. The van der Waals surface area contributed by atoms with Gasteiger partial charge >= 0.3 is 5.91 Å². The van der Waals surface area contributed by atoms with E-state index in [1.807, 2.05) is 6.92 Å². The van der Waals surface area contributed by atoms with Gasteiger partial charge in [0, 0.05) is 10.6 Å². The fourth-order valence-electron chi connectivity index (χ4n) is 4.18. The molecule has 4 aromatic rings. The topological polar surface area (TPSA) is 89.0 Å². The molecule has 0 saturated carbocycles. The van der Waals surface area contributed by atoms with Crippen molar-refractivity contribution in [3.05, 3.63) is 88.5 Å². The lowest BCUT2D eigenvalue weighted by atomic mass is 9.95. The molecule has 0 bridgehead atoms. The Kier molecular flexibility index (Phi) is 6.38. The van der Waals surface area contributed by atoms with Crippen LogP contribution in [0.25, 0.3) is 16.0 Å². The summed E-state index contributed by atoms with van der Waals surface area (Å²) in [6.45, 7) is 2.37. The van der Waals surface area contributed by atoms with Gasteiger partial charge in [0.2, 0.25) is 0 Å². The molecule has 3 aromatic carbocycles. The molecular weight excluding hydrogens is 500 g/mol. The summed E-state index contributed by atoms with van der Waals surface area (Å²) in [4.78, 5) is 32.7. The minimum atomic E-state index is -0.914. The number of hydrogen-bond donors (Lipinski definition) is 1. The zero-order valence-electron chi connectivity index (χ0n) is 19.4. The average molecular weight is 521 g/mol. The van der Waals surface area contributed by atoms with Gasteiger partial charge in [-0.15, -0.1) is 0 Å². The van der Waals surface area contributed by atoms with Gasteiger partial charge in [-0.25, -0.2) is 4.98 Å². The van der Waals surface area contributed by atoms with E-state index in [1.54, 1.807) is 66.7 Å². The lowest BCUT2D eigenvalue weighted by Crippen LogP contribution is -2.29. The van der Waals surface area contributed by atoms with Crippen LogP contribution in [0, 0.1) is 0 Å². The Balaban J connectivity index is 1.69. The number of thiazole rings is 1. The van der Waals surface area contributed by atoms with Gasteiger partial charge in [-0.3, -0.25) is 14.5 Å². The van der Waals surface area contributed by atoms with Crippen LogP contribution in [-0.4, -0.2) is 35.5 Å². The van der Waals surface area contributed by atoms with E-state index < -0.39 is 17.7 Å². The molecule has 36 heavy (non-hydrogen) atoms. The van der Waals surface area contributed by atoms with Gasteiger partial charge in [0.25, 0.3) is 5.78 Å². The van der Waals surface area contributed by atoms with Crippen LogP contribution in [0.4, 0.5) is 5.13 Å². The largest absolute Gasteiger partial charge is 0.507 e. The molecule has 1 atom stereocenters. The third-order valence-electron chi connectivity index (χ3n) is 5.84. The normalized spacial score (nSPS) is 17.1. The number of fused-ring (bicyclic) bond motifs is 1. The van der Waals surface area contributed by atoms with Crippen molar-refractivity contribution < 1.29 is 24.2 Å². The highest BCUT2D eigenvalue weighted by atomic mass is 35.5. The third kappa shape index (κ3) is 4.19. The van der Waals surface area contributed by atoms with Crippen LogP contribution in [0.3, 0.4) is 0 Å². The number of hydrogen-bond acceptors (Lipinski definition) is 7. The highest BCUT2D eigenvalue weighted by molar-refractivity contribution is 7.22. The van der Waals surface area contributed by atoms with Gasteiger partial charge in [0.15, 0.2) is 5.13 Å². The molecule has 0 aliphatic carbocycles. The number of carbonyl (C=O) groups is 2. The minimum absolute atomic E-state index is 0.0327. The van der Waals surface area contributed by atoms with Gasteiger partial charge in [-0.05, 0) is 67.1 Å². The maximum atomic E-state index is 13.4. The Labute approximate surface area is 216 Å². The van der Waals surface area contributed by atoms with Crippen molar-refractivity contribution >= 4 is 55.7 Å². The summed E-state index contributed by atoms with van der Waals surface area (Å²) in [5.74, 6) is -0.676. The molecule has 0 spiro atoms. The number of ether oxygens (including phenoxy) is 2. The van der Waals surface area contributed by atoms with E-state index in [-0.39, 0.29) is 11.3 Å². The van der Waals surface area contributed by atoms with Crippen LogP contribution in [0.2, 0.25) is 5.02 Å². The van der Waals surface area contributed by atoms with E-state index in [0.717, 1.165) is 4.70 Å². The Morgan fingerprint density at radius 2 is 1.86 bits per heavy atom. The number of halogens is 1. The second-order valence-electron chi connectivity index (χ2n) is 8.01. The number of aromatic nitrogens is 1. The van der Waals surface area contributed by atoms with Crippen LogP contribution in [0.15, 0.2) is 72.3 Å². The number of anilines is 1. The van der Waals surface area contributed by atoms with Crippen molar-refractivity contribution in [2.75, 3.05) is 18.6 Å². The highest BCUT2D eigenvalue weighted by Crippen LogP contribution is 2.45. The molecule has 2 heterocycles. The number of aliphatic hydroxyl groups is 1. The summed E-state index contributed by atoms with van der Waals surface area (Å²) >= 11 is 7.39. The molecule has 182 valence electrons. The molecule has 1 unspecified atom stereocenters. The van der Waals surface area contributed by atoms with E-state index in [9.17, 15) is 14.7 Å². The molecule has 1 aliphatic heterocycles. The second-order valence-corrected chi connectivity index (χ2v) is 9.46. The predicted octanol–water partition coefficient (Wildman–Crippen LogP) is 5.98. The van der Waals surface area contributed by atoms with E-state index in [2.05, 4.69) is 4.98 Å². The van der Waals surface area contributed by atoms with Crippen molar-refractivity contribution in [1.82, 2.24) is 4.98 Å². The molecule has 1 aromatic heterocycles. The SMILES string of the molecule is CCOc1ccc(C(O)=C2C(=O)C(=O)N(c3nc4ccc(Cl)cc4s3)C2c2cccc(OC)c2)cc1. The molecule has 5 rings (SSSR count). The fourth-order valence-corrected chi connectivity index (χ4v) is 5.45. The fraction of sp³-hybridized carbons (Fsp3) is 0.148. The average Bonchev–Trinajstić information content (AvgIpc) is 3.42. The number of benzene rings is 3. The zero-order chi connectivity index (χ0) is 25.4. The van der Waals surface area contributed by atoms with Gasteiger partial charge in [-0.1, -0.05) is 35.1 Å². The minimum Gasteiger partial charge on any atom is -0.507 e. The number of nitrogens with zero attached hydrogens (tertiary/aromatic N) is 2. The summed E-state index contributed by atoms with van der Waals surface area (Å²) in [6.07, 6.45) is 0. The van der Waals surface area contributed by atoms with Gasteiger partial charge < -0.3 is 14.6 Å². The number of methoxy groups -OCH3 is 1. The van der Waals surface area contributed by atoms with Gasteiger partial charge in [0.05, 0.1) is 35.5 Å². The van der Waals surface area contributed by atoms with Crippen molar-refractivity contribution in [3.8, 4) is 11.5 Å². The van der Waals surface area contributed by atoms with E-state index >= 15 is 0 Å². The Morgan fingerprint density at radius 3 is 2.58 bits per heavy atom. The molecule has 1 amide bonds. The highest BCUT2D eigenvalue weighted by Gasteiger charge is 2.48. The van der Waals surface area contributed by atoms with Crippen LogP contribution in [0.1, 0.15) is 24.1 Å². The van der Waals surface area contributed by atoms with Gasteiger partial charge in [-0.2, -0.15) is 0 Å². The monoisotopic (exact) mass is 520 g/mol. The molecule has 1 saturated heterocycles. The van der Waals surface area contributed by atoms with Crippen LogP contribution < -0.4 is 14.4 Å². The van der Waals surface area contributed by atoms with Crippen molar-refractivity contribution in [1.29, 1.82) is 0 Å². The molecule has 1 N–H and O–H groups in total. The number of aliphatic hydroxyl groups excluding tert-OH is 1. The summed E-state index contributed by atoms with van der Waals surface area (Å²) in [5.41, 5.74) is 1.60. The molecule has 1 aliphatic rings. The maximum Gasteiger partial charge on any atom is 0.301 e. The van der Waals surface area contributed by atoms with Crippen LogP contribution >= 0.6 is 22.9 Å². The first-order chi connectivity index (χ1) is 17.4. The summed E-state index contributed by atoms with van der Waals surface area (Å²) < 4.78 is 11.6. The summed E-state index contributed by atoms with van der Waals surface area (Å²) in [7, 11) is 1.53. The molecular formula is C27H21ClN2O5S. The first-order valence-electron chi connectivity index (χ1n) is 11.2. The molecule has 1 fully saturated rings. The van der Waals surface area contributed by atoms with Gasteiger partial charge in [0.1, 0.15) is 17.3 Å². The first kappa shape index (κ1) is 23.8. The summed E-state index contributed by atoms with van der Waals surface area (Å²) in [6, 6.07) is 18.1. The number of amides is 1. The molecule has 7 nitrogen and oxygen atoms in total. The van der Waals surface area contributed by atoms with Crippen molar-refractivity contribution in [2.24, 2.45) is 0 Å². The maximum absolute atomic E-state index is 13.4. The van der Waals surface area contributed by atoms with Crippen molar-refractivity contribution in [3.63, 3.8) is 0 Å². The second kappa shape index (κ2) is 9.64. The molecule has 0 radical (unpaired) electrons. The number of rotatable bonds is 6. The Morgan fingerprint density at radius 1 is 1.08 bits per heavy atom. The smallest absolute Gasteiger partial charge is 0.301 e. The lowest BCUT2D eigenvalue weighted by molar-refractivity contribution is -0.132. The predicted molar refractivity (Wildman–Crippen MR) is 140 cm³/mol. The lowest BCUT2D eigenvalue weighted by Gasteiger charge is -2.23. The number of ketones is 1. The number of Topliss-reactive ketones (excluding diaryl/α,β-unsaturated/α-hetero) is 1. The first-order valence-corrected chi connectivity index (χ1v) is 12.3. The van der Waals surface area contributed by atoms with E-state index in [4.69, 9.17) is 21.1 Å². The number of carbonyl (C=O) groups excluding carboxylic acids is 2. The van der Waals surface area contributed by atoms with Crippen LogP contribution in [0.5, 0.6) is 11.5 Å². The van der Waals surface area contributed by atoms with Crippen LogP contribution in [-0.2, 0) is 9.59 Å². The van der Waals surface area contributed by atoms with Crippen molar-refractivity contribution in [2.45, 2.75) is 13.0 Å². The third-order valence-corrected chi connectivity index (χ3v) is 7.09. The van der Waals surface area contributed by atoms with E-state index in [0.29, 0.717) is 44.9 Å². The quantitative estimate of drug-likeness (QED) is 0.191. The zero-order valence-corrected chi connectivity index (χ0v) is 21.0. The standard InChI is InChI=1S/C27H21ClN2O5S/c1-3-35-18-10-7-15(8-11-18)24(31)22-23(16-5-4-6-19(13-16)34-2)30(26(33)25(22)32)27-29-20-12-9-17(28)14-21(20)36-27/h4-14,23,31H,3H2,1-2H3.